The first kappa shape index (κ1) is 9.73. The summed E-state index contributed by atoms with van der Waals surface area (Å²) in [5.41, 5.74) is 3.19. The SMILES string of the molecule is C=CCC1CC=C(C#N)c2ccccc21. The van der Waals surface area contributed by atoms with Gasteiger partial charge in [0.1, 0.15) is 0 Å². The van der Waals surface area contributed by atoms with Gasteiger partial charge in [0.15, 0.2) is 0 Å². The molecule has 0 fully saturated rings. The predicted molar refractivity (Wildman–Crippen MR) is 62.2 cm³/mol. The maximum absolute atomic E-state index is 9.02. The molecule has 74 valence electrons. The van der Waals surface area contributed by atoms with Gasteiger partial charge in [-0.2, -0.15) is 5.26 Å². The smallest absolute Gasteiger partial charge is 0.0994 e. The van der Waals surface area contributed by atoms with Crippen molar-refractivity contribution in [2.24, 2.45) is 0 Å². The molecule has 2 rings (SSSR count). The van der Waals surface area contributed by atoms with Crippen molar-refractivity contribution in [3.05, 3.63) is 54.1 Å². The van der Waals surface area contributed by atoms with E-state index in [1.807, 2.05) is 30.4 Å². The summed E-state index contributed by atoms with van der Waals surface area (Å²) in [7, 11) is 0. The molecule has 1 aromatic rings. The molecule has 0 N–H and O–H groups in total. The van der Waals surface area contributed by atoms with Crippen LogP contribution in [0.1, 0.15) is 29.9 Å². The van der Waals surface area contributed by atoms with E-state index in [1.54, 1.807) is 0 Å². The Bertz CT molecular complexity index is 449. The van der Waals surface area contributed by atoms with Gasteiger partial charge >= 0.3 is 0 Å². The predicted octanol–water partition coefficient (Wildman–Crippen LogP) is 3.66. The van der Waals surface area contributed by atoms with Gasteiger partial charge in [-0.25, -0.2) is 0 Å². The second-order valence-electron chi connectivity index (χ2n) is 3.77. The van der Waals surface area contributed by atoms with Crippen LogP contribution in [0.2, 0.25) is 0 Å². The highest BCUT2D eigenvalue weighted by molar-refractivity contribution is 5.80. The van der Waals surface area contributed by atoms with Crippen molar-refractivity contribution in [2.45, 2.75) is 18.8 Å². The summed E-state index contributed by atoms with van der Waals surface area (Å²) in [6, 6.07) is 10.4. The molecule has 0 saturated carbocycles. The third kappa shape index (κ3) is 1.71. The molecule has 0 aromatic heterocycles. The number of nitrogens with zero attached hydrogens (tertiary/aromatic N) is 1. The Kier molecular flexibility index (Phi) is 2.69. The molecule has 1 heteroatoms. The van der Waals surface area contributed by atoms with Gasteiger partial charge in [0.05, 0.1) is 11.6 Å². The number of fused-ring (bicyclic) bond motifs is 1. The quantitative estimate of drug-likeness (QED) is 0.661. The molecule has 0 heterocycles. The van der Waals surface area contributed by atoms with E-state index in [1.165, 1.54) is 5.56 Å². The van der Waals surface area contributed by atoms with Crippen LogP contribution in [0.4, 0.5) is 0 Å². The Labute approximate surface area is 90.4 Å². The summed E-state index contributed by atoms with van der Waals surface area (Å²) in [5.74, 6) is 0.496. The van der Waals surface area contributed by atoms with Crippen LogP contribution in [-0.4, -0.2) is 0 Å². The van der Waals surface area contributed by atoms with Gasteiger partial charge < -0.3 is 0 Å². The van der Waals surface area contributed by atoms with Gasteiger partial charge in [-0.3, -0.25) is 0 Å². The maximum Gasteiger partial charge on any atom is 0.0994 e. The van der Waals surface area contributed by atoms with Crippen LogP contribution in [0.15, 0.2) is 43.0 Å². The van der Waals surface area contributed by atoms with Crippen molar-refractivity contribution < 1.29 is 0 Å². The molecule has 1 aliphatic rings. The number of hydrogen-bond acceptors (Lipinski definition) is 1. The molecule has 0 amide bonds. The standard InChI is InChI=1S/C14H13N/c1-2-5-11-8-9-12(10-15)14-7-4-3-6-13(11)14/h2-4,6-7,9,11H,1,5,8H2. The first-order valence-electron chi connectivity index (χ1n) is 5.17. The molecule has 0 radical (unpaired) electrons. The van der Waals surface area contributed by atoms with Crippen LogP contribution in [0, 0.1) is 11.3 Å². The largest absolute Gasteiger partial charge is 0.192 e. The van der Waals surface area contributed by atoms with E-state index < -0.39 is 0 Å². The normalized spacial score (nSPS) is 18.6. The Morgan fingerprint density at radius 3 is 3.00 bits per heavy atom. The van der Waals surface area contributed by atoms with Gasteiger partial charge in [0.2, 0.25) is 0 Å². The summed E-state index contributed by atoms with van der Waals surface area (Å²) in [6.45, 7) is 3.78. The van der Waals surface area contributed by atoms with Crippen molar-refractivity contribution in [3.8, 4) is 6.07 Å². The third-order valence-electron chi connectivity index (χ3n) is 2.87. The van der Waals surface area contributed by atoms with Crippen molar-refractivity contribution in [1.29, 1.82) is 5.26 Å². The number of allylic oxidation sites excluding steroid dienone is 3. The van der Waals surface area contributed by atoms with Gasteiger partial charge in [-0.15, -0.1) is 6.58 Å². The number of nitriles is 1. The lowest BCUT2D eigenvalue weighted by atomic mass is 9.82. The van der Waals surface area contributed by atoms with Gasteiger partial charge in [-0.1, -0.05) is 36.4 Å². The van der Waals surface area contributed by atoms with E-state index in [9.17, 15) is 0 Å². The molecule has 1 atom stereocenters. The number of rotatable bonds is 2. The zero-order valence-corrected chi connectivity index (χ0v) is 8.61. The molecule has 1 aromatic carbocycles. The summed E-state index contributed by atoms with van der Waals surface area (Å²) in [6.07, 6.45) is 5.92. The van der Waals surface area contributed by atoms with E-state index in [4.69, 9.17) is 5.26 Å². The molecule has 15 heavy (non-hydrogen) atoms. The van der Waals surface area contributed by atoms with Crippen molar-refractivity contribution in [3.63, 3.8) is 0 Å². The summed E-state index contributed by atoms with van der Waals surface area (Å²) in [4.78, 5) is 0. The first-order chi connectivity index (χ1) is 7.36. The van der Waals surface area contributed by atoms with E-state index in [0.29, 0.717) is 5.92 Å². The average molecular weight is 195 g/mol. The lowest BCUT2D eigenvalue weighted by Crippen LogP contribution is -2.05. The molecule has 0 aliphatic heterocycles. The molecule has 0 saturated heterocycles. The van der Waals surface area contributed by atoms with E-state index >= 15 is 0 Å². The zero-order chi connectivity index (χ0) is 10.7. The highest BCUT2D eigenvalue weighted by Gasteiger charge is 2.19. The molecular formula is C14H13N. The van der Waals surface area contributed by atoms with Gasteiger partial charge in [0, 0.05) is 0 Å². The Morgan fingerprint density at radius 2 is 2.27 bits per heavy atom. The molecular weight excluding hydrogens is 182 g/mol. The first-order valence-corrected chi connectivity index (χ1v) is 5.17. The van der Waals surface area contributed by atoms with E-state index in [2.05, 4.69) is 18.7 Å². The topological polar surface area (TPSA) is 23.8 Å². The van der Waals surface area contributed by atoms with Gasteiger partial charge in [-0.05, 0) is 29.9 Å². The van der Waals surface area contributed by atoms with Crippen LogP contribution in [-0.2, 0) is 0 Å². The maximum atomic E-state index is 9.02. The zero-order valence-electron chi connectivity index (χ0n) is 8.61. The minimum atomic E-state index is 0.496. The number of benzene rings is 1. The fourth-order valence-electron chi connectivity index (χ4n) is 2.13. The van der Waals surface area contributed by atoms with Crippen LogP contribution in [0.25, 0.3) is 5.57 Å². The van der Waals surface area contributed by atoms with Crippen molar-refractivity contribution >= 4 is 5.57 Å². The lowest BCUT2D eigenvalue weighted by molar-refractivity contribution is 0.704. The fourth-order valence-corrected chi connectivity index (χ4v) is 2.13. The van der Waals surface area contributed by atoms with Crippen molar-refractivity contribution in [1.82, 2.24) is 0 Å². The molecule has 1 nitrogen and oxygen atoms in total. The second kappa shape index (κ2) is 4.14. The molecule has 1 aliphatic carbocycles. The second-order valence-corrected chi connectivity index (χ2v) is 3.77. The Morgan fingerprint density at radius 1 is 1.47 bits per heavy atom. The third-order valence-corrected chi connectivity index (χ3v) is 2.87. The van der Waals surface area contributed by atoms with E-state index in [0.717, 1.165) is 24.0 Å². The van der Waals surface area contributed by atoms with Crippen molar-refractivity contribution in [2.75, 3.05) is 0 Å². The lowest BCUT2D eigenvalue weighted by Gasteiger charge is -2.22. The summed E-state index contributed by atoms with van der Waals surface area (Å²) in [5, 5.41) is 9.02. The number of hydrogen-bond donors (Lipinski definition) is 0. The minimum Gasteiger partial charge on any atom is -0.192 e. The Balaban J connectivity index is 2.47. The average Bonchev–Trinajstić information content (AvgIpc) is 2.30. The summed E-state index contributed by atoms with van der Waals surface area (Å²) >= 11 is 0. The van der Waals surface area contributed by atoms with Gasteiger partial charge in [0.25, 0.3) is 0 Å². The van der Waals surface area contributed by atoms with Crippen LogP contribution in [0.5, 0.6) is 0 Å². The molecule has 0 spiro atoms. The van der Waals surface area contributed by atoms with E-state index in [-0.39, 0.29) is 0 Å². The molecule has 0 bridgehead atoms. The fraction of sp³-hybridized carbons (Fsp3) is 0.214. The molecule has 1 unspecified atom stereocenters. The van der Waals surface area contributed by atoms with Crippen LogP contribution >= 0.6 is 0 Å². The van der Waals surface area contributed by atoms with Crippen LogP contribution < -0.4 is 0 Å². The van der Waals surface area contributed by atoms with Crippen LogP contribution in [0.3, 0.4) is 0 Å². The summed E-state index contributed by atoms with van der Waals surface area (Å²) < 4.78 is 0. The Hall–Kier alpha value is -1.81. The highest BCUT2D eigenvalue weighted by Crippen LogP contribution is 2.35. The highest BCUT2D eigenvalue weighted by atomic mass is 14.3. The minimum absolute atomic E-state index is 0.496. The monoisotopic (exact) mass is 195 g/mol.